The van der Waals surface area contributed by atoms with Crippen LogP contribution < -0.4 is 0 Å². The van der Waals surface area contributed by atoms with Gasteiger partial charge in [0.15, 0.2) is 0 Å². The zero-order valence-electron chi connectivity index (χ0n) is 11.9. The molecular formula is C17H30. The van der Waals surface area contributed by atoms with Gasteiger partial charge in [-0.2, -0.15) is 0 Å². The van der Waals surface area contributed by atoms with Crippen LogP contribution in [0.5, 0.6) is 0 Å². The van der Waals surface area contributed by atoms with Gasteiger partial charge in [-0.1, -0.05) is 75.2 Å². The minimum Gasteiger partial charge on any atom is -0.0874 e. The first-order chi connectivity index (χ1) is 8.36. The van der Waals surface area contributed by atoms with Gasteiger partial charge in [0.25, 0.3) is 0 Å². The highest BCUT2D eigenvalue weighted by atomic mass is 14.2. The molecule has 0 N–H and O–H groups in total. The SMILES string of the molecule is C/C=C\C(=C/C)CCCCCC1CCCCC1. The Morgan fingerprint density at radius 3 is 2.41 bits per heavy atom. The second-order valence-corrected chi connectivity index (χ2v) is 5.47. The lowest BCUT2D eigenvalue weighted by Crippen LogP contribution is -2.05. The summed E-state index contributed by atoms with van der Waals surface area (Å²) in [7, 11) is 0. The number of hydrogen-bond donors (Lipinski definition) is 0. The minimum atomic E-state index is 1.07. The van der Waals surface area contributed by atoms with Crippen LogP contribution >= 0.6 is 0 Å². The van der Waals surface area contributed by atoms with E-state index < -0.39 is 0 Å². The summed E-state index contributed by atoms with van der Waals surface area (Å²) in [5.74, 6) is 1.07. The van der Waals surface area contributed by atoms with Crippen molar-refractivity contribution in [2.45, 2.75) is 78.1 Å². The van der Waals surface area contributed by atoms with Crippen molar-refractivity contribution in [2.75, 3.05) is 0 Å². The Kier molecular flexibility index (Phi) is 8.13. The third-order valence-electron chi connectivity index (χ3n) is 4.05. The number of allylic oxidation sites excluding steroid dienone is 4. The molecule has 0 saturated heterocycles. The summed E-state index contributed by atoms with van der Waals surface area (Å²) in [6.07, 6.45) is 21.2. The van der Waals surface area contributed by atoms with Gasteiger partial charge in [-0.3, -0.25) is 0 Å². The average molecular weight is 234 g/mol. The first-order valence-electron chi connectivity index (χ1n) is 7.64. The van der Waals surface area contributed by atoms with E-state index >= 15 is 0 Å². The van der Waals surface area contributed by atoms with Crippen LogP contribution in [0.15, 0.2) is 23.8 Å². The highest BCUT2D eigenvalue weighted by molar-refractivity contribution is 5.16. The van der Waals surface area contributed by atoms with Crippen molar-refractivity contribution < 1.29 is 0 Å². The molecule has 0 aromatic rings. The zero-order valence-corrected chi connectivity index (χ0v) is 11.9. The molecule has 0 nitrogen and oxygen atoms in total. The summed E-state index contributed by atoms with van der Waals surface area (Å²) in [5.41, 5.74) is 1.50. The van der Waals surface area contributed by atoms with Gasteiger partial charge < -0.3 is 0 Å². The Labute approximate surface area is 108 Å². The summed E-state index contributed by atoms with van der Waals surface area (Å²) in [5, 5.41) is 0. The fraction of sp³-hybridized carbons (Fsp3) is 0.765. The summed E-state index contributed by atoms with van der Waals surface area (Å²) in [6, 6.07) is 0. The van der Waals surface area contributed by atoms with Crippen LogP contribution in [0.25, 0.3) is 0 Å². The predicted octanol–water partition coefficient (Wildman–Crippen LogP) is 6.04. The molecule has 0 heterocycles. The fourth-order valence-corrected chi connectivity index (χ4v) is 2.95. The van der Waals surface area contributed by atoms with Gasteiger partial charge in [0.1, 0.15) is 0 Å². The van der Waals surface area contributed by atoms with Crippen molar-refractivity contribution >= 4 is 0 Å². The van der Waals surface area contributed by atoms with E-state index in [9.17, 15) is 0 Å². The van der Waals surface area contributed by atoms with E-state index in [-0.39, 0.29) is 0 Å². The zero-order chi connectivity index (χ0) is 12.3. The Hall–Kier alpha value is -0.520. The van der Waals surface area contributed by atoms with E-state index in [2.05, 4.69) is 32.1 Å². The molecule has 0 aromatic heterocycles. The standard InChI is InChI=1S/C17H30/c1-3-11-16(4-2)12-7-5-8-13-17-14-9-6-10-15-17/h3-4,11,17H,5-10,12-15H2,1-2H3/b11-3-,16-4+. The summed E-state index contributed by atoms with van der Waals surface area (Å²) < 4.78 is 0. The van der Waals surface area contributed by atoms with Crippen LogP contribution in [0.1, 0.15) is 78.1 Å². The van der Waals surface area contributed by atoms with Crippen molar-refractivity contribution in [3.05, 3.63) is 23.8 Å². The topological polar surface area (TPSA) is 0 Å². The Balaban J connectivity index is 2.00. The van der Waals surface area contributed by atoms with Crippen LogP contribution in [0.3, 0.4) is 0 Å². The number of unbranched alkanes of at least 4 members (excludes halogenated alkanes) is 2. The molecule has 0 bridgehead atoms. The van der Waals surface area contributed by atoms with Crippen molar-refractivity contribution in [3.8, 4) is 0 Å². The van der Waals surface area contributed by atoms with Crippen LogP contribution in [-0.2, 0) is 0 Å². The van der Waals surface area contributed by atoms with E-state index in [1.54, 1.807) is 0 Å². The monoisotopic (exact) mass is 234 g/mol. The van der Waals surface area contributed by atoms with Crippen LogP contribution in [-0.4, -0.2) is 0 Å². The Bertz CT molecular complexity index is 228. The van der Waals surface area contributed by atoms with Crippen LogP contribution in [0.4, 0.5) is 0 Å². The van der Waals surface area contributed by atoms with E-state index in [1.165, 1.54) is 69.8 Å². The van der Waals surface area contributed by atoms with Gasteiger partial charge in [0.05, 0.1) is 0 Å². The smallest absolute Gasteiger partial charge is 0.0282 e. The lowest BCUT2D eigenvalue weighted by Gasteiger charge is -2.21. The normalized spacial score (nSPS) is 19.1. The van der Waals surface area contributed by atoms with Crippen LogP contribution in [0, 0.1) is 5.92 Å². The molecule has 1 rings (SSSR count). The van der Waals surface area contributed by atoms with Crippen molar-refractivity contribution in [3.63, 3.8) is 0 Å². The maximum atomic E-state index is 2.25. The van der Waals surface area contributed by atoms with Gasteiger partial charge in [0.2, 0.25) is 0 Å². The maximum Gasteiger partial charge on any atom is -0.0282 e. The Morgan fingerprint density at radius 2 is 1.76 bits per heavy atom. The molecule has 0 spiro atoms. The van der Waals surface area contributed by atoms with E-state index in [4.69, 9.17) is 0 Å². The third-order valence-corrected chi connectivity index (χ3v) is 4.05. The minimum absolute atomic E-state index is 1.07. The quantitative estimate of drug-likeness (QED) is 0.372. The molecule has 1 fully saturated rings. The predicted molar refractivity (Wildman–Crippen MR) is 78.2 cm³/mol. The number of hydrogen-bond acceptors (Lipinski definition) is 0. The third kappa shape index (κ3) is 6.71. The molecule has 1 aliphatic carbocycles. The van der Waals surface area contributed by atoms with Gasteiger partial charge in [-0.25, -0.2) is 0 Å². The molecule has 0 radical (unpaired) electrons. The molecule has 98 valence electrons. The molecule has 1 saturated carbocycles. The molecule has 0 amide bonds. The highest BCUT2D eigenvalue weighted by Gasteiger charge is 2.12. The fourth-order valence-electron chi connectivity index (χ4n) is 2.95. The summed E-state index contributed by atoms with van der Waals surface area (Å²) >= 11 is 0. The van der Waals surface area contributed by atoms with Crippen molar-refractivity contribution in [2.24, 2.45) is 5.92 Å². The maximum absolute atomic E-state index is 2.25. The second kappa shape index (κ2) is 9.50. The number of rotatable bonds is 7. The molecule has 0 aromatic carbocycles. The van der Waals surface area contributed by atoms with Gasteiger partial charge in [0, 0.05) is 0 Å². The van der Waals surface area contributed by atoms with Gasteiger partial charge >= 0.3 is 0 Å². The van der Waals surface area contributed by atoms with E-state index in [1.807, 2.05) is 0 Å². The average Bonchev–Trinajstić information content (AvgIpc) is 2.38. The molecule has 0 atom stereocenters. The molecule has 0 aliphatic heterocycles. The van der Waals surface area contributed by atoms with Crippen molar-refractivity contribution in [1.29, 1.82) is 0 Å². The Morgan fingerprint density at radius 1 is 1.00 bits per heavy atom. The van der Waals surface area contributed by atoms with Crippen molar-refractivity contribution in [1.82, 2.24) is 0 Å². The summed E-state index contributed by atoms with van der Waals surface area (Å²) in [4.78, 5) is 0. The lowest BCUT2D eigenvalue weighted by molar-refractivity contribution is 0.328. The van der Waals surface area contributed by atoms with Gasteiger partial charge in [-0.15, -0.1) is 0 Å². The highest BCUT2D eigenvalue weighted by Crippen LogP contribution is 2.28. The molecular weight excluding hydrogens is 204 g/mol. The lowest BCUT2D eigenvalue weighted by atomic mass is 9.85. The molecule has 0 heteroatoms. The van der Waals surface area contributed by atoms with Gasteiger partial charge in [-0.05, 0) is 32.6 Å². The first kappa shape index (κ1) is 14.5. The van der Waals surface area contributed by atoms with E-state index in [0.29, 0.717) is 0 Å². The second-order valence-electron chi connectivity index (χ2n) is 5.47. The van der Waals surface area contributed by atoms with Crippen LogP contribution in [0.2, 0.25) is 0 Å². The van der Waals surface area contributed by atoms with E-state index in [0.717, 1.165) is 5.92 Å². The molecule has 0 unspecified atom stereocenters. The largest absolute Gasteiger partial charge is 0.0874 e. The summed E-state index contributed by atoms with van der Waals surface area (Å²) in [6.45, 7) is 4.25. The molecule has 17 heavy (non-hydrogen) atoms. The molecule has 1 aliphatic rings. The first-order valence-corrected chi connectivity index (χ1v) is 7.64.